The van der Waals surface area contributed by atoms with Gasteiger partial charge in [-0.05, 0) is 36.2 Å². The van der Waals surface area contributed by atoms with Crippen molar-refractivity contribution in [2.45, 2.75) is 25.3 Å². The fourth-order valence-electron chi connectivity index (χ4n) is 2.93. The van der Waals surface area contributed by atoms with Crippen molar-refractivity contribution in [2.24, 2.45) is 0 Å². The van der Waals surface area contributed by atoms with Crippen LogP contribution in [0.15, 0.2) is 48.5 Å². The van der Waals surface area contributed by atoms with Crippen LogP contribution in [-0.2, 0) is 8.85 Å². The van der Waals surface area contributed by atoms with Crippen LogP contribution >= 0.6 is 0 Å². The molecule has 6 heteroatoms. The number of hydrogen-bond donors (Lipinski definition) is 0. The Labute approximate surface area is 156 Å². The molecule has 2 aromatic carbocycles. The van der Waals surface area contributed by atoms with Crippen molar-refractivity contribution in [2.75, 3.05) is 21.3 Å². The number of hydrogen-bond acceptors (Lipinski definition) is 5. The van der Waals surface area contributed by atoms with E-state index in [0.29, 0.717) is 17.1 Å². The van der Waals surface area contributed by atoms with Crippen LogP contribution in [0, 0.1) is 0 Å². The van der Waals surface area contributed by atoms with Gasteiger partial charge in [-0.15, -0.1) is 0 Å². The third kappa shape index (κ3) is 4.94. The highest BCUT2D eigenvalue weighted by Gasteiger charge is 2.26. The normalized spacial score (nSPS) is 12.0. The summed E-state index contributed by atoms with van der Waals surface area (Å²) in [5, 5.41) is 0. The Morgan fingerprint density at radius 1 is 1.00 bits per heavy atom. The lowest BCUT2D eigenvalue weighted by atomic mass is 10.1. The summed E-state index contributed by atoms with van der Waals surface area (Å²) >= 11 is 0. The first-order valence-corrected chi connectivity index (χ1v) is 10.3. The van der Waals surface area contributed by atoms with Gasteiger partial charge in [-0.1, -0.05) is 37.6 Å². The molecular weight excluding hydrogens is 348 g/mol. The molecular formula is C20H26O5Si. The van der Waals surface area contributed by atoms with Gasteiger partial charge in [-0.2, -0.15) is 0 Å². The Kier molecular flexibility index (Phi) is 7.84. The van der Waals surface area contributed by atoms with Crippen molar-refractivity contribution in [3.63, 3.8) is 0 Å². The van der Waals surface area contributed by atoms with E-state index in [1.807, 2.05) is 18.2 Å². The van der Waals surface area contributed by atoms with Gasteiger partial charge in [0.15, 0.2) is 11.5 Å². The van der Waals surface area contributed by atoms with E-state index in [9.17, 15) is 4.79 Å². The minimum Gasteiger partial charge on any atom is -0.493 e. The molecule has 0 amide bonds. The van der Waals surface area contributed by atoms with Gasteiger partial charge in [-0.3, -0.25) is 0 Å². The van der Waals surface area contributed by atoms with Gasteiger partial charge in [0.1, 0.15) is 0 Å². The minimum absolute atomic E-state index is 0.197. The lowest BCUT2D eigenvalue weighted by molar-refractivity contribution is 0.0729. The topological polar surface area (TPSA) is 54.0 Å². The molecule has 0 heterocycles. The standard InChI is InChI=1S/C20H26O5Si/c1-5-9-19(26(23-3)24-4)16-12-13-17(18(14-16)22-2)25-20(21)15-10-7-6-8-11-15/h6-8,10-14,19,26H,5,9H2,1-4H3. The van der Waals surface area contributed by atoms with Gasteiger partial charge < -0.3 is 18.3 Å². The van der Waals surface area contributed by atoms with Crippen molar-refractivity contribution in [1.29, 1.82) is 0 Å². The maximum Gasteiger partial charge on any atom is 0.343 e. The number of rotatable bonds is 9. The number of esters is 1. The summed E-state index contributed by atoms with van der Waals surface area (Å²) in [6.45, 7) is 2.14. The van der Waals surface area contributed by atoms with Crippen LogP contribution in [0.2, 0.25) is 0 Å². The van der Waals surface area contributed by atoms with Gasteiger partial charge in [0.05, 0.1) is 12.7 Å². The molecule has 2 rings (SSSR count). The Morgan fingerprint density at radius 3 is 2.27 bits per heavy atom. The first kappa shape index (κ1) is 20.2. The molecule has 0 spiro atoms. The first-order chi connectivity index (χ1) is 12.6. The fourth-order valence-corrected chi connectivity index (χ4v) is 4.90. The molecule has 0 fully saturated rings. The quantitative estimate of drug-likeness (QED) is 0.379. The van der Waals surface area contributed by atoms with Gasteiger partial charge in [0.2, 0.25) is 0 Å². The number of carbonyl (C=O) groups excluding carboxylic acids is 1. The smallest absolute Gasteiger partial charge is 0.343 e. The van der Waals surface area contributed by atoms with E-state index < -0.39 is 15.3 Å². The molecule has 140 valence electrons. The second-order valence-corrected chi connectivity index (χ2v) is 8.39. The molecule has 0 saturated heterocycles. The summed E-state index contributed by atoms with van der Waals surface area (Å²) in [5.74, 6) is 0.504. The molecule has 0 bridgehead atoms. The molecule has 0 radical (unpaired) electrons. The van der Waals surface area contributed by atoms with Crippen LogP contribution in [0.4, 0.5) is 0 Å². The second kappa shape index (κ2) is 10.1. The van der Waals surface area contributed by atoms with Gasteiger partial charge in [0, 0.05) is 19.8 Å². The minimum atomic E-state index is -1.84. The van der Waals surface area contributed by atoms with Crippen LogP contribution in [0.3, 0.4) is 0 Å². The summed E-state index contributed by atoms with van der Waals surface area (Å²) in [6.07, 6.45) is 1.98. The van der Waals surface area contributed by atoms with Crippen molar-refractivity contribution >= 4 is 15.3 Å². The zero-order valence-electron chi connectivity index (χ0n) is 15.7. The molecule has 0 aliphatic rings. The highest BCUT2D eigenvalue weighted by atomic mass is 28.3. The van der Waals surface area contributed by atoms with E-state index in [-0.39, 0.29) is 5.54 Å². The van der Waals surface area contributed by atoms with Crippen LogP contribution in [0.1, 0.15) is 41.2 Å². The number of carbonyl (C=O) groups is 1. The molecule has 0 aliphatic carbocycles. The highest BCUT2D eigenvalue weighted by Crippen LogP contribution is 2.34. The largest absolute Gasteiger partial charge is 0.493 e. The molecule has 0 aliphatic heterocycles. The van der Waals surface area contributed by atoms with Crippen molar-refractivity contribution < 1.29 is 23.1 Å². The summed E-state index contributed by atoms with van der Waals surface area (Å²) in [5.41, 5.74) is 1.76. The second-order valence-electron chi connectivity index (χ2n) is 5.90. The van der Waals surface area contributed by atoms with Crippen LogP contribution in [0.25, 0.3) is 0 Å². The number of ether oxygens (including phenoxy) is 2. The Morgan fingerprint density at radius 2 is 1.69 bits per heavy atom. The maximum absolute atomic E-state index is 12.3. The van der Waals surface area contributed by atoms with Crippen LogP contribution in [0.5, 0.6) is 11.5 Å². The van der Waals surface area contributed by atoms with Gasteiger partial charge >= 0.3 is 15.3 Å². The molecule has 0 N–H and O–H groups in total. The van der Waals surface area contributed by atoms with Crippen LogP contribution in [-0.4, -0.2) is 36.6 Å². The summed E-state index contributed by atoms with van der Waals surface area (Å²) < 4.78 is 22.1. The van der Waals surface area contributed by atoms with Gasteiger partial charge in [0.25, 0.3) is 0 Å². The Bertz CT molecular complexity index is 701. The Hall–Kier alpha value is -2.15. The van der Waals surface area contributed by atoms with Crippen molar-refractivity contribution in [3.8, 4) is 11.5 Å². The molecule has 0 aromatic heterocycles. The highest BCUT2D eigenvalue weighted by molar-refractivity contribution is 6.46. The zero-order chi connectivity index (χ0) is 18.9. The van der Waals surface area contributed by atoms with Crippen LogP contribution < -0.4 is 9.47 Å². The predicted molar refractivity (Wildman–Crippen MR) is 103 cm³/mol. The molecule has 1 unspecified atom stereocenters. The molecule has 0 saturated carbocycles. The van der Waals surface area contributed by atoms with E-state index in [4.69, 9.17) is 18.3 Å². The van der Waals surface area contributed by atoms with E-state index in [2.05, 4.69) is 6.92 Å². The Balaban J connectivity index is 2.27. The maximum atomic E-state index is 12.3. The lowest BCUT2D eigenvalue weighted by Crippen LogP contribution is -2.29. The fraction of sp³-hybridized carbons (Fsp3) is 0.350. The molecule has 2 aromatic rings. The predicted octanol–water partition coefficient (Wildman–Crippen LogP) is 3.85. The average Bonchev–Trinajstić information content (AvgIpc) is 2.69. The van der Waals surface area contributed by atoms with E-state index in [1.165, 1.54) is 0 Å². The lowest BCUT2D eigenvalue weighted by Gasteiger charge is -2.23. The third-order valence-corrected chi connectivity index (χ3v) is 6.53. The zero-order valence-corrected chi connectivity index (χ0v) is 16.9. The molecule has 1 atom stereocenters. The van der Waals surface area contributed by atoms with E-state index >= 15 is 0 Å². The van der Waals surface area contributed by atoms with Crippen molar-refractivity contribution in [3.05, 3.63) is 59.7 Å². The van der Waals surface area contributed by atoms with E-state index in [0.717, 1.165) is 18.4 Å². The summed E-state index contributed by atoms with van der Waals surface area (Å²) in [4.78, 5) is 12.3. The first-order valence-electron chi connectivity index (χ1n) is 8.65. The number of methoxy groups -OCH3 is 1. The molecule has 5 nitrogen and oxygen atoms in total. The summed E-state index contributed by atoms with van der Waals surface area (Å²) in [6, 6.07) is 14.5. The van der Waals surface area contributed by atoms with E-state index in [1.54, 1.807) is 51.7 Å². The SMILES string of the molecule is CCCC(c1ccc(OC(=O)c2ccccc2)c(OC)c1)[SiH](OC)OC. The number of benzene rings is 2. The summed E-state index contributed by atoms with van der Waals surface area (Å²) in [7, 11) is 3.11. The average molecular weight is 375 g/mol. The third-order valence-electron chi connectivity index (χ3n) is 4.22. The van der Waals surface area contributed by atoms with Crippen molar-refractivity contribution in [1.82, 2.24) is 0 Å². The molecule has 26 heavy (non-hydrogen) atoms. The monoisotopic (exact) mass is 374 g/mol. The van der Waals surface area contributed by atoms with Gasteiger partial charge in [-0.25, -0.2) is 4.79 Å².